The summed E-state index contributed by atoms with van der Waals surface area (Å²) in [6.45, 7) is 3.70. The molecule has 2 aliphatic rings. The molecular weight excluding hydrogens is 336 g/mol. The summed E-state index contributed by atoms with van der Waals surface area (Å²) in [5.74, 6) is 2.20. The molecule has 1 fully saturated rings. The average Bonchev–Trinajstić information content (AvgIpc) is 2.61. The number of fused-ring (bicyclic) bond motifs is 1. The van der Waals surface area contributed by atoms with Gasteiger partial charge in [-0.15, -0.1) is 12.4 Å². The number of carbonyl (C=O) groups excluding carboxylic acids is 1. The summed E-state index contributed by atoms with van der Waals surface area (Å²) in [7, 11) is 1.70. The summed E-state index contributed by atoms with van der Waals surface area (Å²) in [5.41, 5.74) is 8.61. The number of aryl methyl sites for hydroxylation is 1. The zero-order chi connectivity index (χ0) is 17.1. The van der Waals surface area contributed by atoms with Gasteiger partial charge < -0.3 is 15.4 Å². The predicted octanol–water partition coefficient (Wildman–Crippen LogP) is 3.51. The summed E-state index contributed by atoms with van der Waals surface area (Å²) in [6, 6.07) is 6.54. The van der Waals surface area contributed by atoms with Crippen molar-refractivity contribution in [3.8, 4) is 5.75 Å². The summed E-state index contributed by atoms with van der Waals surface area (Å²) < 4.78 is 5.34. The van der Waals surface area contributed by atoms with Crippen LogP contribution in [-0.4, -0.2) is 37.0 Å². The highest BCUT2D eigenvalue weighted by Crippen LogP contribution is 2.36. The second kappa shape index (κ2) is 8.91. The van der Waals surface area contributed by atoms with E-state index in [0.717, 1.165) is 44.4 Å². The van der Waals surface area contributed by atoms with E-state index in [2.05, 4.69) is 24.0 Å². The molecule has 1 amide bonds. The van der Waals surface area contributed by atoms with E-state index >= 15 is 0 Å². The Morgan fingerprint density at radius 2 is 2.16 bits per heavy atom. The molecule has 0 aromatic heterocycles. The van der Waals surface area contributed by atoms with Gasteiger partial charge in [0.05, 0.1) is 7.11 Å². The monoisotopic (exact) mass is 366 g/mol. The minimum atomic E-state index is 0. The molecule has 1 aliphatic heterocycles. The van der Waals surface area contributed by atoms with Gasteiger partial charge in [-0.25, -0.2) is 0 Å². The van der Waals surface area contributed by atoms with Gasteiger partial charge in [0.1, 0.15) is 5.75 Å². The maximum absolute atomic E-state index is 12.9. The number of carbonyl (C=O) groups is 1. The summed E-state index contributed by atoms with van der Waals surface area (Å²) in [4.78, 5) is 15.0. The van der Waals surface area contributed by atoms with Gasteiger partial charge in [0.25, 0.3) is 0 Å². The second-order valence-electron chi connectivity index (χ2n) is 7.46. The molecule has 4 nitrogen and oxygen atoms in total. The molecular formula is C20H31ClN2O2. The van der Waals surface area contributed by atoms with Crippen LogP contribution in [0.5, 0.6) is 5.75 Å². The Kier molecular flexibility index (Phi) is 7.14. The van der Waals surface area contributed by atoms with E-state index in [4.69, 9.17) is 10.5 Å². The van der Waals surface area contributed by atoms with E-state index < -0.39 is 0 Å². The molecule has 5 heteroatoms. The van der Waals surface area contributed by atoms with Gasteiger partial charge in [0.15, 0.2) is 0 Å². The van der Waals surface area contributed by atoms with Crippen LogP contribution in [0, 0.1) is 5.92 Å². The molecule has 3 atom stereocenters. The number of benzene rings is 1. The normalized spacial score (nSPS) is 25.7. The molecule has 1 heterocycles. The van der Waals surface area contributed by atoms with E-state index in [9.17, 15) is 4.79 Å². The van der Waals surface area contributed by atoms with E-state index in [0.29, 0.717) is 24.8 Å². The van der Waals surface area contributed by atoms with Crippen LogP contribution in [0.25, 0.3) is 0 Å². The third kappa shape index (κ3) is 4.48. The molecule has 1 aromatic rings. The van der Waals surface area contributed by atoms with Crippen molar-refractivity contribution in [2.24, 2.45) is 11.7 Å². The molecule has 0 bridgehead atoms. The van der Waals surface area contributed by atoms with Crippen molar-refractivity contribution in [3.05, 3.63) is 29.3 Å². The van der Waals surface area contributed by atoms with Crippen LogP contribution in [-0.2, 0) is 11.2 Å². The first-order valence-electron chi connectivity index (χ1n) is 9.28. The fourth-order valence-corrected chi connectivity index (χ4v) is 4.36. The topological polar surface area (TPSA) is 55.6 Å². The smallest absolute Gasteiger partial charge is 0.223 e. The van der Waals surface area contributed by atoms with Gasteiger partial charge in [-0.1, -0.05) is 13.0 Å². The molecule has 140 valence electrons. The molecule has 2 N–H and O–H groups in total. The first-order valence-corrected chi connectivity index (χ1v) is 9.28. The van der Waals surface area contributed by atoms with Gasteiger partial charge in [0.2, 0.25) is 5.91 Å². The third-order valence-electron chi connectivity index (χ3n) is 5.78. The highest BCUT2D eigenvalue weighted by atomic mass is 35.5. The molecule has 3 unspecified atom stereocenters. The van der Waals surface area contributed by atoms with E-state index in [1.165, 1.54) is 11.1 Å². The number of hydrogen-bond donors (Lipinski definition) is 1. The van der Waals surface area contributed by atoms with E-state index in [1.807, 2.05) is 6.07 Å². The number of piperidine rings is 1. The van der Waals surface area contributed by atoms with Crippen molar-refractivity contribution in [2.45, 2.75) is 57.4 Å². The van der Waals surface area contributed by atoms with Crippen LogP contribution >= 0.6 is 12.4 Å². The Morgan fingerprint density at radius 3 is 2.88 bits per heavy atom. The predicted molar refractivity (Wildman–Crippen MR) is 103 cm³/mol. The Morgan fingerprint density at radius 1 is 1.36 bits per heavy atom. The van der Waals surface area contributed by atoms with Crippen LogP contribution in [0.15, 0.2) is 18.2 Å². The van der Waals surface area contributed by atoms with Gasteiger partial charge in [0, 0.05) is 25.6 Å². The van der Waals surface area contributed by atoms with E-state index in [1.54, 1.807) is 7.11 Å². The van der Waals surface area contributed by atoms with Crippen molar-refractivity contribution in [1.82, 2.24) is 4.90 Å². The Bertz CT molecular complexity index is 593. The van der Waals surface area contributed by atoms with Crippen LogP contribution < -0.4 is 10.5 Å². The lowest BCUT2D eigenvalue weighted by molar-refractivity contribution is -0.135. The van der Waals surface area contributed by atoms with Crippen molar-refractivity contribution in [2.75, 3.05) is 20.2 Å². The Labute approximate surface area is 157 Å². The minimum Gasteiger partial charge on any atom is -0.497 e. The van der Waals surface area contributed by atoms with Gasteiger partial charge in [-0.3, -0.25) is 4.79 Å². The molecule has 0 radical (unpaired) electrons. The lowest BCUT2D eigenvalue weighted by Crippen LogP contribution is -2.49. The van der Waals surface area contributed by atoms with Crippen molar-refractivity contribution in [3.63, 3.8) is 0 Å². The number of ether oxygens (including phenoxy) is 1. The summed E-state index contributed by atoms with van der Waals surface area (Å²) in [6.07, 6.45) is 6.09. The van der Waals surface area contributed by atoms with Crippen molar-refractivity contribution < 1.29 is 9.53 Å². The Balaban J connectivity index is 0.00000225. The van der Waals surface area contributed by atoms with Crippen LogP contribution in [0.4, 0.5) is 0 Å². The first kappa shape index (κ1) is 20.1. The fraction of sp³-hybridized carbons (Fsp3) is 0.650. The van der Waals surface area contributed by atoms with Crippen molar-refractivity contribution in [1.29, 1.82) is 0 Å². The van der Waals surface area contributed by atoms with Gasteiger partial charge in [-0.05, 0) is 67.2 Å². The lowest BCUT2D eigenvalue weighted by Gasteiger charge is -2.39. The van der Waals surface area contributed by atoms with Gasteiger partial charge in [-0.2, -0.15) is 0 Å². The molecule has 1 saturated heterocycles. The number of methoxy groups -OCH3 is 1. The van der Waals surface area contributed by atoms with Crippen LogP contribution in [0.2, 0.25) is 0 Å². The zero-order valence-corrected chi connectivity index (χ0v) is 16.2. The zero-order valence-electron chi connectivity index (χ0n) is 15.4. The number of nitrogens with two attached hydrogens (primary N) is 1. The van der Waals surface area contributed by atoms with Crippen LogP contribution in [0.1, 0.15) is 56.1 Å². The van der Waals surface area contributed by atoms with Crippen molar-refractivity contribution >= 4 is 18.3 Å². The standard InChI is InChI=1S/C20H30N2O2.ClH/c1-14-8-9-22(17(10-14)13-21)20(23)12-16-5-3-4-15-11-18(24-2)6-7-19(15)16;/h6-7,11,14,16-17H,3-5,8-10,12-13,21H2,1-2H3;1H. The largest absolute Gasteiger partial charge is 0.497 e. The number of halogens is 1. The van der Waals surface area contributed by atoms with E-state index in [-0.39, 0.29) is 24.4 Å². The number of likely N-dealkylation sites (tertiary alicyclic amines) is 1. The second-order valence-corrected chi connectivity index (χ2v) is 7.46. The lowest BCUT2D eigenvalue weighted by atomic mass is 9.80. The maximum Gasteiger partial charge on any atom is 0.223 e. The molecule has 1 aliphatic carbocycles. The highest BCUT2D eigenvalue weighted by Gasteiger charge is 2.31. The number of hydrogen-bond acceptors (Lipinski definition) is 3. The number of rotatable bonds is 4. The number of amides is 1. The molecule has 25 heavy (non-hydrogen) atoms. The number of nitrogens with zero attached hydrogens (tertiary/aromatic N) is 1. The molecule has 3 rings (SSSR count). The first-order chi connectivity index (χ1) is 11.6. The van der Waals surface area contributed by atoms with Gasteiger partial charge >= 0.3 is 0 Å². The quantitative estimate of drug-likeness (QED) is 0.887. The summed E-state index contributed by atoms with van der Waals surface area (Å²) in [5, 5.41) is 0. The minimum absolute atomic E-state index is 0. The third-order valence-corrected chi connectivity index (χ3v) is 5.78. The molecule has 1 aromatic carbocycles. The SMILES string of the molecule is COc1ccc2c(c1)CCCC2CC(=O)N1CCC(C)CC1CN.Cl. The average molecular weight is 367 g/mol. The Hall–Kier alpha value is -1.26. The molecule has 0 saturated carbocycles. The fourth-order valence-electron chi connectivity index (χ4n) is 4.36. The summed E-state index contributed by atoms with van der Waals surface area (Å²) >= 11 is 0. The highest BCUT2D eigenvalue weighted by molar-refractivity contribution is 5.85. The maximum atomic E-state index is 12.9. The molecule has 0 spiro atoms. The van der Waals surface area contributed by atoms with Crippen LogP contribution in [0.3, 0.4) is 0 Å².